The molecule has 1 amide bonds. The monoisotopic (exact) mass is 397 g/mol. The highest BCUT2D eigenvalue weighted by molar-refractivity contribution is 5.95. The SMILES string of the molecule is Cc1cc(C)n(-c2cccc(C(=O)N3CC[C@H](O)[C@](CC4CC4)(C(=O)O)C3)c2)n1. The second-order valence-electron chi connectivity index (χ2n) is 8.53. The maximum atomic E-state index is 13.2. The Labute approximate surface area is 169 Å². The third-order valence-electron chi connectivity index (χ3n) is 6.19. The number of likely N-dealkylation sites (tertiary alicyclic amines) is 1. The van der Waals surface area contributed by atoms with E-state index in [1.807, 2.05) is 32.0 Å². The van der Waals surface area contributed by atoms with Crippen LogP contribution < -0.4 is 0 Å². The first-order valence-electron chi connectivity index (χ1n) is 10.1. The summed E-state index contributed by atoms with van der Waals surface area (Å²) in [4.78, 5) is 26.9. The minimum absolute atomic E-state index is 0.0446. The van der Waals surface area contributed by atoms with Gasteiger partial charge < -0.3 is 15.1 Å². The minimum atomic E-state index is -1.28. The highest BCUT2D eigenvalue weighted by Gasteiger charge is 2.52. The number of carboxylic acid groups (broad SMARTS) is 1. The molecular weight excluding hydrogens is 370 g/mol. The van der Waals surface area contributed by atoms with E-state index in [-0.39, 0.29) is 18.9 Å². The summed E-state index contributed by atoms with van der Waals surface area (Å²) in [6.45, 7) is 4.27. The summed E-state index contributed by atoms with van der Waals surface area (Å²) >= 11 is 0. The van der Waals surface area contributed by atoms with E-state index < -0.39 is 17.5 Å². The second kappa shape index (κ2) is 7.30. The average molecular weight is 397 g/mol. The van der Waals surface area contributed by atoms with Crippen molar-refractivity contribution in [3.8, 4) is 5.69 Å². The lowest BCUT2D eigenvalue weighted by molar-refractivity contribution is -0.163. The molecule has 2 N–H and O–H groups in total. The van der Waals surface area contributed by atoms with Crippen LogP contribution in [0.25, 0.3) is 5.69 Å². The number of rotatable bonds is 5. The molecule has 7 heteroatoms. The van der Waals surface area contributed by atoms with Crippen molar-refractivity contribution in [2.24, 2.45) is 11.3 Å². The molecule has 154 valence electrons. The number of carbonyl (C=O) groups is 2. The summed E-state index contributed by atoms with van der Waals surface area (Å²) in [7, 11) is 0. The molecule has 2 aliphatic rings. The molecular formula is C22H27N3O4. The number of hydrogen-bond acceptors (Lipinski definition) is 4. The standard InChI is InChI=1S/C22H27N3O4/c1-14-10-15(2)25(23-14)18-5-3-4-17(11-18)20(27)24-9-8-19(26)22(13-24,21(28)29)12-16-6-7-16/h3-5,10-11,16,19,26H,6-9,12-13H2,1-2H3,(H,28,29)/t19-,22+/m0/s1. The molecule has 4 rings (SSSR count). The fourth-order valence-corrected chi connectivity index (χ4v) is 4.43. The Morgan fingerprint density at radius 1 is 1.21 bits per heavy atom. The molecule has 7 nitrogen and oxygen atoms in total. The Kier molecular flexibility index (Phi) is 4.94. The lowest BCUT2D eigenvalue weighted by Gasteiger charge is -2.43. The van der Waals surface area contributed by atoms with E-state index in [9.17, 15) is 19.8 Å². The highest BCUT2D eigenvalue weighted by Crippen LogP contribution is 2.45. The molecule has 1 aliphatic carbocycles. The molecule has 0 unspecified atom stereocenters. The van der Waals surface area contributed by atoms with E-state index in [2.05, 4.69) is 5.10 Å². The van der Waals surface area contributed by atoms with Crippen molar-refractivity contribution in [3.05, 3.63) is 47.3 Å². The fourth-order valence-electron chi connectivity index (χ4n) is 4.43. The summed E-state index contributed by atoms with van der Waals surface area (Å²) in [6, 6.07) is 9.21. The number of benzene rings is 1. The van der Waals surface area contributed by atoms with Crippen molar-refractivity contribution >= 4 is 11.9 Å². The van der Waals surface area contributed by atoms with Gasteiger partial charge in [-0.3, -0.25) is 9.59 Å². The molecule has 0 radical (unpaired) electrons. The number of aromatic nitrogens is 2. The van der Waals surface area contributed by atoms with Gasteiger partial charge in [0, 0.05) is 24.3 Å². The normalized spacial score (nSPS) is 24.5. The molecule has 1 aliphatic heterocycles. The van der Waals surface area contributed by atoms with Crippen LogP contribution in [-0.2, 0) is 4.79 Å². The van der Waals surface area contributed by atoms with Crippen LogP contribution in [0, 0.1) is 25.2 Å². The zero-order valence-corrected chi connectivity index (χ0v) is 16.8. The molecule has 0 bridgehead atoms. The molecule has 1 aromatic carbocycles. The largest absolute Gasteiger partial charge is 0.481 e. The van der Waals surface area contributed by atoms with Crippen LogP contribution in [0.2, 0.25) is 0 Å². The number of aliphatic hydroxyl groups is 1. The minimum Gasteiger partial charge on any atom is -0.481 e. The third-order valence-corrected chi connectivity index (χ3v) is 6.19. The summed E-state index contributed by atoms with van der Waals surface area (Å²) in [5, 5.41) is 24.9. The lowest BCUT2D eigenvalue weighted by atomic mass is 9.73. The van der Waals surface area contributed by atoms with Gasteiger partial charge in [0.2, 0.25) is 0 Å². The van der Waals surface area contributed by atoms with Gasteiger partial charge in [-0.2, -0.15) is 5.10 Å². The van der Waals surface area contributed by atoms with Gasteiger partial charge >= 0.3 is 5.97 Å². The first-order valence-corrected chi connectivity index (χ1v) is 10.1. The number of aliphatic hydroxyl groups excluding tert-OH is 1. The Bertz CT molecular complexity index is 949. The predicted molar refractivity (Wildman–Crippen MR) is 107 cm³/mol. The van der Waals surface area contributed by atoms with Gasteiger partial charge in [0.05, 0.1) is 17.5 Å². The van der Waals surface area contributed by atoms with Crippen molar-refractivity contribution in [2.45, 2.75) is 45.6 Å². The quantitative estimate of drug-likeness (QED) is 0.808. The van der Waals surface area contributed by atoms with Crippen molar-refractivity contribution in [1.29, 1.82) is 0 Å². The third kappa shape index (κ3) is 3.67. The Hall–Kier alpha value is -2.67. The van der Waals surface area contributed by atoms with Crippen LogP contribution in [-0.4, -0.2) is 56.0 Å². The van der Waals surface area contributed by atoms with Gasteiger partial charge in [-0.05, 0) is 56.9 Å². The van der Waals surface area contributed by atoms with Crippen LogP contribution in [0.3, 0.4) is 0 Å². The highest BCUT2D eigenvalue weighted by atomic mass is 16.4. The number of aryl methyl sites for hydroxylation is 2. The number of amides is 1. The smallest absolute Gasteiger partial charge is 0.314 e. The number of piperidine rings is 1. The zero-order valence-electron chi connectivity index (χ0n) is 16.8. The molecule has 1 saturated carbocycles. The van der Waals surface area contributed by atoms with E-state index in [4.69, 9.17) is 0 Å². The summed E-state index contributed by atoms with van der Waals surface area (Å²) in [5.74, 6) is -0.877. The first kappa shape index (κ1) is 19.6. The van der Waals surface area contributed by atoms with Crippen molar-refractivity contribution in [1.82, 2.24) is 14.7 Å². The van der Waals surface area contributed by atoms with Gasteiger partial charge in [0.25, 0.3) is 5.91 Å². The molecule has 2 heterocycles. The van der Waals surface area contributed by atoms with Gasteiger partial charge in [-0.15, -0.1) is 0 Å². The molecule has 1 saturated heterocycles. The van der Waals surface area contributed by atoms with Crippen molar-refractivity contribution in [3.63, 3.8) is 0 Å². The van der Waals surface area contributed by atoms with Crippen LogP contribution in [0.15, 0.2) is 30.3 Å². The average Bonchev–Trinajstić information content (AvgIpc) is 3.44. The molecule has 1 aromatic heterocycles. The van der Waals surface area contributed by atoms with Gasteiger partial charge in [0.15, 0.2) is 0 Å². The number of aliphatic carboxylic acids is 1. The van der Waals surface area contributed by atoms with Crippen molar-refractivity contribution in [2.75, 3.05) is 13.1 Å². The lowest BCUT2D eigenvalue weighted by Crippen LogP contribution is -2.57. The van der Waals surface area contributed by atoms with Gasteiger partial charge in [-0.1, -0.05) is 18.9 Å². The number of carbonyl (C=O) groups excluding carboxylic acids is 1. The van der Waals surface area contributed by atoms with E-state index >= 15 is 0 Å². The number of nitrogens with zero attached hydrogens (tertiary/aromatic N) is 3. The van der Waals surface area contributed by atoms with Crippen LogP contribution in [0.5, 0.6) is 0 Å². The maximum absolute atomic E-state index is 13.2. The summed E-state index contributed by atoms with van der Waals surface area (Å²) in [5.41, 5.74) is 1.89. The maximum Gasteiger partial charge on any atom is 0.314 e. The Morgan fingerprint density at radius 2 is 1.97 bits per heavy atom. The zero-order chi connectivity index (χ0) is 20.8. The first-order chi connectivity index (χ1) is 13.8. The topological polar surface area (TPSA) is 95.7 Å². The summed E-state index contributed by atoms with van der Waals surface area (Å²) in [6.07, 6.45) is 1.78. The van der Waals surface area contributed by atoms with Crippen LogP contribution in [0.4, 0.5) is 0 Å². The number of hydrogen-bond donors (Lipinski definition) is 2. The van der Waals surface area contributed by atoms with E-state index in [1.165, 1.54) is 0 Å². The van der Waals surface area contributed by atoms with Gasteiger partial charge in [-0.25, -0.2) is 4.68 Å². The molecule has 2 fully saturated rings. The summed E-state index contributed by atoms with van der Waals surface area (Å²) < 4.78 is 1.79. The van der Waals surface area contributed by atoms with E-state index in [1.54, 1.807) is 21.7 Å². The van der Waals surface area contributed by atoms with E-state index in [0.29, 0.717) is 24.4 Å². The van der Waals surface area contributed by atoms with Crippen LogP contribution >= 0.6 is 0 Å². The fraction of sp³-hybridized carbons (Fsp3) is 0.500. The molecule has 2 aromatic rings. The molecule has 29 heavy (non-hydrogen) atoms. The number of carboxylic acids is 1. The molecule has 0 spiro atoms. The van der Waals surface area contributed by atoms with Crippen LogP contribution in [0.1, 0.15) is 47.4 Å². The molecule has 2 atom stereocenters. The van der Waals surface area contributed by atoms with Gasteiger partial charge in [0.1, 0.15) is 5.41 Å². The van der Waals surface area contributed by atoms with Crippen molar-refractivity contribution < 1.29 is 19.8 Å². The Morgan fingerprint density at radius 3 is 2.59 bits per heavy atom. The second-order valence-corrected chi connectivity index (χ2v) is 8.53. The predicted octanol–water partition coefficient (Wildman–Crippen LogP) is 2.57. The Balaban J connectivity index is 1.60. The van der Waals surface area contributed by atoms with E-state index in [0.717, 1.165) is 29.9 Å².